The Morgan fingerprint density at radius 3 is 2.30 bits per heavy atom. The van der Waals surface area contributed by atoms with Gasteiger partial charge < -0.3 is 20.4 Å². The van der Waals surface area contributed by atoms with Crippen LogP contribution in [-0.4, -0.2) is 47.2 Å². The average Bonchev–Trinajstić information content (AvgIpc) is 3.84. The maximum absolute atomic E-state index is 13.7. The molecular weight excluding hydrogens is 535 g/mol. The fraction of sp³-hybridized carbons (Fsp3) is 0.481. The molecule has 2 heterocycles. The number of rotatable bonds is 12. The topological polar surface area (TPSA) is 161 Å². The lowest BCUT2D eigenvalue weighted by Crippen LogP contribution is -2.50. The predicted octanol–water partition coefficient (Wildman–Crippen LogP) is 3.62. The van der Waals surface area contributed by atoms with Gasteiger partial charge in [0.25, 0.3) is 5.91 Å². The van der Waals surface area contributed by atoms with Crippen molar-refractivity contribution >= 4 is 25.3 Å². The number of amides is 2. The molecule has 2 fully saturated rings. The fourth-order valence-electron chi connectivity index (χ4n) is 5.53. The number of aryl methyl sites for hydroxylation is 2. The van der Waals surface area contributed by atoms with E-state index in [1.165, 1.54) is 4.68 Å². The number of phosphoric acid groups is 1. The largest absolute Gasteiger partial charge is 0.471 e. The lowest BCUT2D eigenvalue weighted by atomic mass is 9.88. The Kier molecular flexibility index (Phi) is 7.96. The molecule has 4 N–H and O–H groups in total. The Labute approximate surface area is 232 Å². The maximum atomic E-state index is 13.7. The number of hydrogen-bond donors (Lipinski definition) is 4. The van der Waals surface area contributed by atoms with Crippen LogP contribution in [0.15, 0.2) is 36.5 Å². The second-order valence-corrected chi connectivity index (χ2v) is 11.8. The summed E-state index contributed by atoms with van der Waals surface area (Å²) in [7, 11) is -4.63. The Hall–Kier alpha value is -3.31. The summed E-state index contributed by atoms with van der Waals surface area (Å²) >= 11 is 0. The van der Waals surface area contributed by atoms with Crippen molar-refractivity contribution in [2.45, 2.75) is 65.8 Å². The van der Waals surface area contributed by atoms with Gasteiger partial charge in [-0.2, -0.15) is 10.2 Å². The van der Waals surface area contributed by atoms with Crippen LogP contribution in [0, 0.1) is 31.6 Å². The zero-order valence-corrected chi connectivity index (χ0v) is 23.7. The number of carbonyl (C=O) groups is 2. The molecule has 1 atom stereocenters. The number of carbonyl (C=O) groups excluding carboxylic acids is 2. The SMILES string of the molecule is CCn1nccc1C(=O)NC(C(=O)Nc1ccc(-c2c(C)nn(COP(=O)(O)O)c2C)cc1)C(C1CC1)C1CC1. The van der Waals surface area contributed by atoms with Gasteiger partial charge >= 0.3 is 7.82 Å². The molecular formula is C27H35N6O6P. The number of aromatic nitrogens is 4. The summed E-state index contributed by atoms with van der Waals surface area (Å²) in [5, 5.41) is 14.6. The van der Waals surface area contributed by atoms with Gasteiger partial charge in [-0.15, -0.1) is 0 Å². The molecule has 0 bridgehead atoms. The summed E-state index contributed by atoms with van der Waals surface area (Å²) in [5.41, 5.74) is 4.05. The van der Waals surface area contributed by atoms with Gasteiger partial charge in [-0.05, 0) is 88.0 Å². The smallest absolute Gasteiger partial charge is 0.339 e. The first-order valence-electron chi connectivity index (χ1n) is 13.5. The van der Waals surface area contributed by atoms with E-state index in [2.05, 4.69) is 25.4 Å². The summed E-state index contributed by atoms with van der Waals surface area (Å²) in [4.78, 5) is 44.9. The lowest BCUT2D eigenvalue weighted by molar-refractivity contribution is -0.119. The molecule has 2 saturated carbocycles. The van der Waals surface area contributed by atoms with Crippen molar-refractivity contribution in [3.05, 3.63) is 53.6 Å². The summed E-state index contributed by atoms with van der Waals surface area (Å²) < 4.78 is 18.7. The van der Waals surface area contributed by atoms with Gasteiger partial charge in [-0.25, -0.2) is 9.25 Å². The second-order valence-electron chi connectivity index (χ2n) is 10.6. The number of nitrogens with zero attached hydrogens (tertiary/aromatic N) is 4. The molecule has 0 spiro atoms. The third-order valence-corrected chi connectivity index (χ3v) is 8.16. The minimum atomic E-state index is -4.63. The van der Waals surface area contributed by atoms with E-state index in [0.29, 0.717) is 41.1 Å². The molecule has 40 heavy (non-hydrogen) atoms. The van der Waals surface area contributed by atoms with E-state index < -0.39 is 13.9 Å². The molecule has 0 radical (unpaired) electrons. The van der Waals surface area contributed by atoms with Crippen LogP contribution < -0.4 is 10.6 Å². The molecule has 214 valence electrons. The standard InChI is InChI=1S/C27H35N6O6P/c1-4-32-22(13-14-28-32)26(34)30-25(24(19-5-6-19)20-7-8-20)27(35)29-21-11-9-18(10-12-21)23-16(2)31-33(17(23)3)15-39-40(36,37)38/h9-14,19-20,24-25H,4-8,15H2,1-3H3,(H,29,35)(H,30,34)(H2,36,37,38). The van der Waals surface area contributed by atoms with Crippen molar-refractivity contribution in [1.82, 2.24) is 24.9 Å². The molecule has 2 aromatic heterocycles. The predicted molar refractivity (Wildman–Crippen MR) is 147 cm³/mol. The normalized spacial score (nSPS) is 16.2. The van der Waals surface area contributed by atoms with Crippen molar-refractivity contribution in [2.24, 2.45) is 17.8 Å². The van der Waals surface area contributed by atoms with Crippen LogP contribution in [0.1, 0.15) is 54.5 Å². The van der Waals surface area contributed by atoms with E-state index in [1.807, 2.05) is 19.1 Å². The maximum Gasteiger partial charge on any atom is 0.471 e. The summed E-state index contributed by atoms with van der Waals surface area (Å²) in [6, 6.07) is 8.32. The molecule has 1 unspecified atom stereocenters. The number of nitrogens with one attached hydrogen (secondary N) is 2. The molecule has 0 saturated heterocycles. The number of hydrogen-bond acceptors (Lipinski definition) is 6. The van der Waals surface area contributed by atoms with Crippen LogP contribution in [0.4, 0.5) is 5.69 Å². The monoisotopic (exact) mass is 570 g/mol. The molecule has 2 aliphatic rings. The Morgan fingerprint density at radius 1 is 1.07 bits per heavy atom. The van der Waals surface area contributed by atoms with E-state index >= 15 is 0 Å². The van der Waals surface area contributed by atoms with Crippen LogP contribution in [0.5, 0.6) is 0 Å². The van der Waals surface area contributed by atoms with Gasteiger partial charge in [0.15, 0.2) is 6.73 Å². The fourth-order valence-corrected chi connectivity index (χ4v) is 5.79. The van der Waals surface area contributed by atoms with Crippen LogP contribution in [0.25, 0.3) is 11.1 Å². The van der Waals surface area contributed by atoms with Crippen molar-refractivity contribution in [3.63, 3.8) is 0 Å². The van der Waals surface area contributed by atoms with Gasteiger partial charge in [-0.1, -0.05) is 12.1 Å². The quantitative estimate of drug-likeness (QED) is 0.240. The highest BCUT2D eigenvalue weighted by Crippen LogP contribution is 2.51. The number of phosphoric ester groups is 1. The van der Waals surface area contributed by atoms with E-state index in [4.69, 9.17) is 9.79 Å². The zero-order valence-electron chi connectivity index (χ0n) is 22.8. The van der Waals surface area contributed by atoms with Crippen molar-refractivity contribution in [3.8, 4) is 11.1 Å². The lowest BCUT2D eigenvalue weighted by Gasteiger charge is -2.27. The number of benzene rings is 1. The highest BCUT2D eigenvalue weighted by molar-refractivity contribution is 7.46. The van der Waals surface area contributed by atoms with Crippen molar-refractivity contribution in [2.75, 3.05) is 5.32 Å². The van der Waals surface area contributed by atoms with Gasteiger partial charge in [0.1, 0.15) is 11.7 Å². The first-order chi connectivity index (χ1) is 19.1. The highest BCUT2D eigenvalue weighted by atomic mass is 31.2. The molecule has 13 heteroatoms. The molecule has 0 aliphatic heterocycles. The van der Waals surface area contributed by atoms with Gasteiger partial charge in [0.05, 0.1) is 5.69 Å². The van der Waals surface area contributed by atoms with E-state index in [0.717, 1.165) is 36.8 Å². The van der Waals surface area contributed by atoms with Crippen LogP contribution in [0.3, 0.4) is 0 Å². The Morgan fingerprint density at radius 2 is 1.73 bits per heavy atom. The highest BCUT2D eigenvalue weighted by Gasteiger charge is 2.48. The van der Waals surface area contributed by atoms with E-state index in [1.54, 1.807) is 42.9 Å². The first kappa shape index (κ1) is 28.2. The molecule has 5 rings (SSSR count). The average molecular weight is 571 g/mol. The summed E-state index contributed by atoms with van der Waals surface area (Å²) in [6.45, 7) is 5.70. The molecule has 2 amide bonds. The third-order valence-electron chi connectivity index (χ3n) is 7.71. The zero-order chi connectivity index (χ0) is 28.6. The van der Waals surface area contributed by atoms with Crippen LogP contribution >= 0.6 is 7.82 Å². The first-order valence-corrected chi connectivity index (χ1v) is 15.1. The van der Waals surface area contributed by atoms with Crippen LogP contribution in [-0.2, 0) is 27.2 Å². The molecule has 12 nitrogen and oxygen atoms in total. The van der Waals surface area contributed by atoms with Crippen molar-refractivity contribution < 1.29 is 28.5 Å². The third kappa shape index (κ3) is 6.36. The van der Waals surface area contributed by atoms with Gasteiger partial charge in [0.2, 0.25) is 5.91 Å². The van der Waals surface area contributed by atoms with Gasteiger partial charge in [0, 0.05) is 29.7 Å². The van der Waals surface area contributed by atoms with E-state index in [9.17, 15) is 14.2 Å². The minimum Gasteiger partial charge on any atom is -0.339 e. The second kappa shape index (κ2) is 11.3. The Bertz CT molecular complexity index is 1420. The van der Waals surface area contributed by atoms with E-state index in [-0.39, 0.29) is 24.5 Å². The molecule has 1 aromatic carbocycles. The minimum absolute atomic E-state index is 0.104. The summed E-state index contributed by atoms with van der Waals surface area (Å²) in [5.74, 6) is 0.458. The van der Waals surface area contributed by atoms with Gasteiger partial charge in [-0.3, -0.25) is 18.8 Å². The number of anilines is 1. The molecule has 2 aliphatic carbocycles. The van der Waals surface area contributed by atoms with Crippen molar-refractivity contribution in [1.29, 1.82) is 0 Å². The Balaban J connectivity index is 1.33. The summed E-state index contributed by atoms with van der Waals surface area (Å²) in [6.07, 6.45) is 5.90. The molecule has 3 aromatic rings. The van der Waals surface area contributed by atoms with Crippen LogP contribution in [0.2, 0.25) is 0 Å².